The summed E-state index contributed by atoms with van der Waals surface area (Å²) in [6.45, 7) is 4.75. The van der Waals surface area contributed by atoms with Crippen LogP contribution < -0.4 is 11.2 Å². The average molecular weight is 333 g/mol. The van der Waals surface area contributed by atoms with Crippen LogP contribution in [0.5, 0.6) is 0 Å². The van der Waals surface area contributed by atoms with Crippen molar-refractivity contribution in [2.24, 2.45) is 0 Å². The summed E-state index contributed by atoms with van der Waals surface area (Å²) in [5.41, 5.74) is -1.97. The number of nitrogens with one attached hydrogen (secondary N) is 1. The van der Waals surface area contributed by atoms with Gasteiger partial charge in [0.1, 0.15) is 5.54 Å². The lowest BCUT2D eigenvalue weighted by atomic mass is 10.0. The van der Waals surface area contributed by atoms with Gasteiger partial charge in [0.25, 0.3) is 11.5 Å². The van der Waals surface area contributed by atoms with Crippen LogP contribution in [-0.2, 0) is 11.3 Å². The zero-order valence-electron chi connectivity index (χ0n) is 13.9. The molecule has 1 amide bonds. The highest BCUT2D eigenvalue weighted by atomic mass is 16.4. The molecule has 8 heteroatoms. The van der Waals surface area contributed by atoms with Crippen molar-refractivity contribution in [2.45, 2.75) is 32.9 Å². The zero-order valence-corrected chi connectivity index (χ0v) is 13.9. The van der Waals surface area contributed by atoms with E-state index in [1.54, 1.807) is 6.92 Å². The minimum Gasteiger partial charge on any atom is -0.480 e. The first-order valence-corrected chi connectivity index (χ1v) is 7.39. The number of hydrogen-bond acceptors (Lipinski definition) is 4. The number of amides is 1. The van der Waals surface area contributed by atoms with Crippen LogP contribution in [0.3, 0.4) is 0 Å². The first kappa shape index (κ1) is 17.5. The summed E-state index contributed by atoms with van der Waals surface area (Å²) in [5, 5.41) is 9.51. The van der Waals surface area contributed by atoms with Gasteiger partial charge in [0, 0.05) is 19.2 Å². The molecule has 0 aliphatic carbocycles. The molecule has 0 aliphatic heterocycles. The van der Waals surface area contributed by atoms with Gasteiger partial charge in [-0.05, 0) is 39.0 Å². The third-order valence-corrected chi connectivity index (χ3v) is 4.21. The van der Waals surface area contributed by atoms with Gasteiger partial charge in [-0.25, -0.2) is 9.59 Å². The van der Waals surface area contributed by atoms with Crippen LogP contribution in [0.2, 0.25) is 0 Å². The van der Waals surface area contributed by atoms with Gasteiger partial charge >= 0.3 is 11.7 Å². The predicted molar refractivity (Wildman–Crippen MR) is 88.3 cm³/mol. The Bertz CT molecular complexity index is 939. The molecule has 2 aromatic rings. The number of carboxylic acid groups (broad SMARTS) is 1. The molecule has 0 fully saturated rings. The summed E-state index contributed by atoms with van der Waals surface area (Å²) in [5.74, 6) is -1.66. The van der Waals surface area contributed by atoms with E-state index in [0.29, 0.717) is 0 Å². The van der Waals surface area contributed by atoms with Crippen molar-refractivity contribution in [3.8, 4) is 0 Å². The summed E-state index contributed by atoms with van der Waals surface area (Å²) in [6, 6.07) is 4.28. The average Bonchev–Trinajstić information content (AvgIpc) is 2.53. The number of aromatic amines is 1. The largest absolute Gasteiger partial charge is 0.480 e. The van der Waals surface area contributed by atoms with E-state index in [4.69, 9.17) is 0 Å². The van der Waals surface area contributed by atoms with Crippen LogP contribution >= 0.6 is 0 Å². The van der Waals surface area contributed by atoms with Crippen molar-refractivity contribution >= 4 is 22.8 Å². The van der Waals surface area contributed by atoms with E-state index in [2.05, 4.69) is 4.98 Å². The molecular formula is C16H19N3O5. The number of carbonyl (C=O) groups excluding carboxylic acids is 1. The Labute approximate surface area is 137 Å². The lowest BCUT2D eigenvalue weighted by Crippen LogP contribution is -2.50. The summed E-state index contributed by atoms with van der Waals surface area (Å²) in [4.78, 5) is 51.6. The van der Waals surface area contributed by atoms with Gasteiger partial charge in [0.05, 0.1) is 10.9 Å². The predicted octanol–water partition coefficient (Wildman–Crippen LogP) is 0.645. The molecule has 24 heavy (non-hydrogen) atoms. The summed E-state index contributed by atoms with van der Waals surface area (Å²) < 4.78 is 1.06. The number of rotatable bonds is 4. The summed E-state index contributed by atoms with van der Waals surface area (Å²) in [6.07, 6.45) is 0. The first-order chi connectivity index (χ1) is 11.1. The molecule has 1 aromatic carbocycles. The van der Waals surface area contributed by atoms with Crippen LogP contribution in [0, 0.1) is 0 Å². The fourth-order valence-electron chi connectivity index (χ4n) is 2.27. The molecule has 2 rings (SSSR count). The Morgan fingerprint density at radius 3 is 2.46 bits per heavy atom. The second-order valence-electron chi connectivity index (χ2n) is 5.97. The van der Waals surface area contributed by atoms with Gasteiger partial charge < -0.3 is 15.0 Å². The number of aliphatic carboxylic acids is 1. The topological polar surface area (TPSA) is 112 Å². The zero-order chi connectivity index (χ0) is 18.2. The fraction of sp³-hybridized carbons (Fsp3) is 0.375. The third-order valence-electron chi connectivity index (χ3n) is 4.21. The molecule has 8 nitrogen and oxygen atoms in total. The smallest absolute Gasteiger partial charge is 0.329 e. The Hall–Kier alpha value is -2.90. The van der Waals surface area contributed by atoms with E-state index in [0.717, 1.165) is 9.47 Å². The maximum Gasteiger partial charge on any atom is 0.329 e. The number of H-pyrrole nitrogens is 1. The highest BCUT2D eigenvalue weighted by Crippen LogP contribution is 2.18. The summed E-state index contributed by atoms with van der Waals surface area (Å²) >= 11 is 0. The van der Waals surface area contributed by atoms with Crippen LogP contribution in [0.25, 0.3) is 10.9 Å². The van der Waals surface area contributed by atoms with E-state index in [-0.39, 0.29) is 23.0 Å². The van der Waals surface area contributed by atoms with Crippen LogP contribution in [0.1, 0.15) is 31.1 Å². The molecule has 1 heterocycles. The highest BCUT2D eigenvalue weighted by molar-refractivity contribution is 6.00. The molecule has 0 spiro atoms. The van der Waals surface area contributed by atoms with E-state index in [1.807, 2.05) is 0 Å². The van der Waals surface area contributed by atoms with E-state index >= 15 is 0 Å². The number of benzene rings is 1. The minimum atomic E-state index is -1.40. The van der Waals surface area contributed by atoms with Crippen molar-refractivity contribution in [1.29, 1.82) is 0 Å². The number of fused-ring (bicyclic) bond motifs is 1. The Kier molecular flexibility index (Phi) is 4.33. The quantitative estimate of drug-likeness (QED) is 0.853. The lowest BCUT2D eigenvalue weighted by molar-refractivity contribution is -0.147. The molecule has 0 unspecified atom stereocenters. The van der Waals surface area contributed by atoms with Crippen molar-refractivity contribution in [2.75, 3.05) is 7.05 Å². The van der Waals surface area contributed by atoms with Gasteiger partial charge in [-0.1, -0.05) is 0 Å². The highest BCUT2D eigenvalue weighted by Gasteiger charge is 2.35. The van der Waals surface area contributed by atoms with Crippen molar-refractivity contribution in [1.82, 2.24) is 14.5 Å². The molecule has 0 saturated heterocycles. The van der Waals surface area contributed by atoms with Crippen molar-refractivity contribution in [3.63, 3.8) is 0 Å². The summed E-state index contributed by atoms with van der Waals surface area (Å²) in [7, 11) is 1.39. The molecule has 128 valence electrons. The molecule has 0 radical (unpaired) electrons. The molecule has 0 bridgehead atoms. The Morgan fingerprint density at radius 2 is 1.92 bits per heavy atom. The first-order valence-electron chi connectivity index (χ1n) is 7.39. The minimum absolute atomic E-state index is 0.184. The molecule has 0 atom stereocenters. The SMILES string of the molecule is CCn1c(=O)[nH]c2cc(C(=O)N(C)C(C)(C)C(=O)O)ccc2c1=O. The standard InChI is InChI=1S/C16H19N3O5/c1-5-19-13(21)10-7-6-9(8-11(10)17-15(19)24)12(20)18(4)16(2,3)14(22)23/h6-8H,5H2,1-4H3,(H,17,24)(H,22,23). The number of likely N-dealkylation sites (N-methyl/N-ethyl adjacent to an activating group) is 1. The number of hydrogen-bond donors (Lipinski definition) is 2. The maximum atomic E-state index is 12.5. The lowest BCUT2D eigenvalue weighted by Gasteiger charge is -2.31. The second-order valence-corrected chi connectivity index (χ2v) is 5.97. The molecule has 0 aliphatic rings. The third kappa shape index (κ3) is 2.70. The Balaban J connectivity index is 2.56. The molecule has 2 N–H and O–H groups in total. The van der Waals surface area contributed by atoms with Gasteiger partial charge in [-0.2, -0.15) is 0 Å². The van der Waals surface area contributed by atoms with Crippen LogP contribution in [0.4, 0.5) is 0 Å². The second kappa shape index (κ2) is 5.95. The van der Waals surface area contributed by atoms with E-state index in [1.165, 1.54) is 39.1 Å². The number of aromatic nitrogens is 2. The van der Waals surface area contributed by atoms with Gasteiger partial charge in [0.2, 0.25) is 0 Å². The van der Waals surface area contributed by atoms with Gasteiger partial charge in [0.15, 0.2) is 0 Å². The van der Waals surface area contributed by atoms with E-state index in [9.17, 15) is 24.3 Å². The van der Waals surface area contributed by atoms with Crippen molar-refractivity contribution < 1.29 is 14.7 Å². The monoisotopic (exact) mass is 333 g/mol. The van der Waals surface area contributed by atoms with Gasteiger partial charge in [-0.3, -0.25) is 14.2 Å². The molecular weight excluding hydrogens is 314 g/mol. The number of carbonyl (C=O) groups is 2. The van der Waals surface area contributed by atoms with Crippen molar-refractivity contribution in [3.05, 3.63) is 44.6 Å². The van der Waals surface area contributed by atoms with E-state index < -0.39 is 28.7 Å². The molecule has 1 aromatic heterocycles. The Morgan fingerprint density at radius 1 is 1.29 bits per heavy atom. The number of nitrogens with zero attached hydrogens (tertiary/aromatic N) is 2. The normalized spacial score (nSPS) is 11.5. The maximum absolute atomic E-state index is 12.5. The number of carboxylic acids is 1. The van der Waals surface area contributed by atoms with Crippen LogP contribution in [0.15, 0.2) is 27.8 Å². The van der Waals surface area contributed by atoms with Crippen LogP contribution in [-0.4, -0.2) is 44.0 Å². The fourth-order valence-corrected chi connectivity index (χ4v) is 2.27. The van der Waals surface area contributed by atoms with Gasteiger partial charge in [-0.15, -0.1) is 0 Å². The molecule has 0 saturated carbocycles.